The summed E-state index contributed by atoms with van der Waals surface area (Å²) in [6.45, 7) is 1.73. The van der Waals surface area contributed by atoms with E-state index in [1.54, 1.807) is 37.0 Å². The van der Waals surface area contributed by atoms with Crippen molar-refractivity contribution in [2.45, 2.75) is 29.9 Å². The lowest BCUT2D eigenvalue weighted by atomic mass is 9.47. The summed E-state index contributed by atoms with van der Waals surface area (Å²) in [6.07, 6.45) is 2.47. The van der Waals surface area contributed by atoms with Gasteiger partial charge in [-0.2, -0.15) is 10.2 Å². The highest BCUT2D eigenvalue weighted by atomic mass is 35.5. The van der Waals surface area contributed by atoms with Crippen molar-refractivity contribution >= 4 is 65.3 Å². The van der Waals surface area contributed by atoms with Gasteiger partial charge in [0.15, 0.2) is 16.7 Å². The first-order valence-corrected chi connectivity index (χ1v) is 14.7. The number of benzene rings is 1. The second-order valence-electron chi connectivity index (χ2n) is 10.1. The molecule has 10 nitrogen and oxygen atoms in total. The lowest BCUT2D eigenvalue weighted by Crippen LogP contribution is -2.30. The zero-order valence-corrected chi connectivity index (χ0v) is 26.0. The molecule has 0 spiro atoms. The molecule has 0 aliphatic carbocycles. The van der Waals surface area contributed by atoms with Gasteiger partial charge in [-0.3, -0.25) is 13.9 Å². The lowest BCUT2D eigenvalue weighted by Gasteiger charge is -2.30. The molecule has 0 saturated heterocycles. The molecule has 10 radical (unpaired) electrons. The summed E-state index contributed by atoms with van der Waals surface area (Å²) < 4.78 is 39.9. The van der Waals surface area contributed by atoms with Crippen molar-refractivity contribution in [3.63, 3.8) is 0 Å². The van der Waals surface area contributed by atoms with Gasteiger partial charge in [-0.25, -0.2) is 9.37 Å². The number of halogens is 2. The molecule has 0 saturated carbocycles. The maximum atomic E-state index is 14.7. The van der Waals surface area contributed by atoms with Crippen LogP contribution in [0.4, 0.5) is 10.2 Å². The van der Waals surface area contributed by atoms with E-state index in [2.05, 4.69) is 20.5 Å². The first-order chi connectivity index (χ1) is 20.9. The molecule has 4 aromatic rings. The minimum atomic E-state index is -1.80. The van der Waals surface area contributed by atoms with E-state index in [0.29, 0.717) is 39.5 Å². The number of hydrogen-bond donors (Lipinski definition) is 1. The summed E-state index contributed by atoms with van der Waals surface area (Å²) >= 11 is 6.77. The summed E-state index contributed by atoms with van der Waals surface area (Å²) in [5.41, 5.74) is 1.68. The molecule has 2 bridgehead atoms. The Morgan fingerprint density at radius 1 is 1.18 bits per heavy atom. The third kappa shape index (κ3) is 6.07. The SMILES string of the molecule is [B]C([B])C([B])n1nc(Cl)c2c1-c1cnc(NCOP(OC)OC)c(c1)O[C@H](C)c1cc(F)ccc1-c1nn(C)cc1C2([B])[B]. The van der Waals surface area contributed by atoms with Crippen LogP contribution in [-0.4, -0.2) is 84.7 Å². The van der Waals surface area contributed by atoms with E-state index in [0.717, 1.165) is 0 Å². The molecule has 2 atom stereocenters. The first kappa shape index (κ1) is 32.6. The van der Waals surface area contributed by atoms with Gasteiger partial charge < -0.3 is 19.1 Å². The quantitative estimate of drug-likeness (QED) is 0.180. The Morgan fingerprint density at radius 3 is 2.59 bits per heavy atom. The van der Waals surface area contributed by atoms with Crippen LogP contribution in [0.2, 0.25) is 10.9 Å². The second kappa shape index (κ2) is 12.9. The van der Waals surface area contributed by atoms with Crippen LogP contribution in [0.25, 0.3) is 22.5 Å². The molecule has 5 rings (SSSR count). The predicted octanol–water partition coefficient (Wildman–Crippen LogP) is 3.79. The third-order valence-corrected chi connectivity index (χ3v) is 8.28. The number of ether oxygens (including phenoxy) is 1. The standard InChI is InChI=1S/C26H24B5ClFN6O4P/c1-12-16-8-14(33)5-6-15(16)20-17(10-38(2)36-20)26(30,31)19-21(39(37-24(19)32)23(29)22(27)28)13-7-18(43-12)25(34-9-13)35-11-42-44(40-3)41-4/h5-10,12,22-23H,11H2,1-4H3,(H,34,35)/t12-,23?/m1/s1. The maximum absolute atomic E-state index is 14.7. The molecule has 0 fully saturated rings. The molecular formula is C26H24B5ClFN6O4P. The normalized spacial score (nSPS) is 16.3. The molecule has 1 aromatic carbocycles. The fourth-order valence-electron chi connectivity index (χ4n) is 5.02. The second-order valence-corrected chi connectivity index (χ2v) is 11.9. The van der Waals surface area contributed by atoms with Gasteiger partial charge in [-0.1, -0.05) is 17.3 Å². The first-order valence-electron chi connectivity index (χ1n) is 13.3. The molecule has 4 heterocycles. The molecule has 0 amide bonds. The average molecular weight is 624 g/mol. The minimum absolute atomic E-state index is 0.0381. The molecule has 1 aliphatic rings. The van der Waals surface area contributed by atoms with Gasteiger partial charge >= 0.3 is 8.60 Å². The fraction of sp³-hybridized carbons (Fsp3) is 0.346. The Morgan fingerprint density at radius 2 is 1.91 bits per heavy atom. The number of fused-ring (bicyclic) bond motifs is 7. The zero-order valence-electron chi connectivity index (χ0n) is 24.4. The Bertz CT molecular complexity index is 1670. The van der Waals surface area contributed by atoms with Crippen LogP contribution in [0, 0.1) is 5.82 Å². The summed E-state index contributed by atoms with van der Waals surface area (Å²) in [4.78, 5) is 4.58. The number of aryl methyl sites for hydroxylation is 1. The van der Waals surface area contributed by atoms with Gasteiger partial charge in [0.05, 0.1) is 42.8 Å². The smallest absolute Gasteiger partial charge is 0.333 e. The van der Waals surface area contributed by atoms with Crippen molar-refractivity contribution in [2.24, 2.45) is 7.05 Å². The van der Waals surface area contributed by atoms with Crippen LogP contribution >= 0.6 is 20.2 Å². The van der Waals surface area contributed by atoms with Gasteiger partial charge in [-0.15, -0.1) is 0 Å². The summed E-state index contributed by atoms with van der Waals surface area (Å²) in [5.74, 6) is -0.953. The third-order valence-electron chi connectivity index (χ3n) is 7.08. The lowest BCUT2D eigenvalue weighted by molar-refractivity contribution is 0.214. The molecule has 3 aromatic heterocycles. The van der Waals surface area contributed by atoms with Crippen molar-refractivity contribution in [1.29, 1.82) is 0 Å². The Labute approximate surface area is 267 Å². The van der Waals surface area contributed by atoms with Crippen LogP contribution in [-0.2, 0) is 25.8 Å². The number of pyridine rings is 1. The highest BCUT2D eigenvalue weighted by molar-refractivity contribution is 7.41. The van der Waals surface area contributed by atoms with Crippen LogP contribution in [0.15, 0.2) is 36.7 Å². The summed E-state index contributed by atoms with van der Waals surface area (Å²) in [7, 11) is 35.3. The van der Waals surface area contributed by atoms with E-state index in [1.165, 1.54) is 37.2 Å². The van der Waals surface area contributed by atoms with Crippen molar-refractivity contribution < 1.29 is 22.7 Å². The largest absolute Gasteiger partial charge is 0.482 e. The Balaban J connectivity index is 1.79. The average Bonchev–Trinajstić information content (AvgIpc) is 3.55. The van der Waals surface area contributed by atoms with Crippen molar-refractivity contribution in [2.75, 3.05) is 26.3 Å². The van der Waals surface area contributed by atoms with E-state index in [9.17, 15) is 4.39 Å². The monoisotopic (exact) mass is 624 g/mol. The molecule has 44 heavy (non-hydrogen) atoms. The summed E-state index contributed by atoms with van der Waals surface area (Å²) in [6, 6.07) is 5.95. The number of rotatable bonds is 8. The number of hydrogen-bond acceptors (Lipinski definition) is 8. The topological polar surface area (TPSA) is 97.5 Å². The molecule has 216 valence electrons. The van der Waals surface area contributed by atoms with E-state index in [-0.39, 0.29) is 23.2 Å². The summed E-state index contributed by atoms with van der Waals surface area (Å²) in [5, 5.41) is 10.3. The maximum Gasteiger partial charge on any atom is 0.333 e. The Kier molecular flexibility index (Phi) is 9.59. The van der Waals surface area contributed by atoms with Gasteiger partial charge in [0, 0.05) is 61.9 Å². The van der Waals surface area contributed by atoms with Gasteiger partial charge in [0.2, 0.25) is 0 Å². The van der Waals surface area contributed by atoms with Crippen LogP contribution in [0.5, 0.6) is 5.75 Å². The minimum Gasteiger partial charge on any atom is -0.482 e. The van der Waals surface area contributed by atoms with E-state index < -0.39 is 37.4 Å². The van der Waals surface area contributed by atoms with Crippen molar-refractivity contribution in [3.8, 4) is 28.3 Å². The zero-order chi connectivity index (χ0) is 31.9. The van der Waals surface area contributed by atoms with Gasteiger partial charge in [0.1, 0.15) is 26.5 Å². The number of aromatic nitrogens is 5. The highest BCUT2D eigenvalue weighted by Gasteiger charge is 2.37. The number of anilines is 1. The molecular weight excluding hydrogens is 600 g/mol. The van der Waals surface area contributed by atoms with Gasteiger partial charge in [-0.05, 0) is 42.0 Å². The van der Waals surface area contributed by atoms with E-state index in [4.69, 9.17) is 69.1 Å². The van der Waals surface area contributed by atoms with Crippen LogP contribution < -0.4 is 10.1 Å². The van der Waals surface area contributed by atoms with Crippen molar-refractivity contribution in [1.82, 2.24) is 24.5 Å². The fourth-order valence-corrected chi connectivity index (χ4v) is 5.88. The molecule has 1 N–H and O–H groups in total. The van der Waals surface area contributed by atoms with Gasteiger partial charge in [0.25, 0.3) is 0 Å². The number of nitrogens with one attached hydrogen (secondary N) is 1. The van der Waals surface area contributed by atoms with Crippen molar-refractivity contribution in [3.05, 3.63) is 64.3 Å². The van der Waals surface area contributed by atoms with E-state index >= 15 is 0 Å². The predicted molar refractivity (Wildman–Crippen MR) is 171 cm³/mol. The van der Waals surface area contributed by atoms with Crippen LogP contribution in [0.3, 0.4) is 0 Å². The van der Waals surface area contributed by atoms with Crippen LogP contribution in [0.1, 0.15) is 35.7 Å². The van der Waals surface area contributed by atoms with E-state index in [1.807, 2.05) is 0 Å². The molecule has 1 unspecified atom stereocenters. The number of nitrogens with zero attached hydrogens (tertiary/aromatic N) is 5. The molecule has 1 aliphatic heterocycles. The Hall–Kier alpha value is -2.76. The highest BCUT2D eigenvalue weighted by Crippen LogP contribution is 2.46. The molecule has 18 heteroatoms.